The number of hydrogen-bond donors (Lipinski definition) is 0. The molecule has 0 unspecified atom stereocenters. The maximum absolute atomic E-state index is 6.70. The molecular weight excluding hydrogens is 524 g/mol. The van der Waals surface area contributed by atoms with Gasteiger partial charge in [-0.25, -0.2) is 0 Å². The van der Waals surface area contributed by atoms with Crippen LogP contribution < -0.4 is 4.74 Å². The molecule has 3 heterocycles. The molecule has 0 aliphatic carbocycles. The van der Waals surface area contributed by atoms with E-state index in [9.17, 15) is 0 Å². The fourth-order valence-electron chi connectivity index (χ4n) is 7.25. The van der Waals surface area contributed by atoms with Crippen molar-refractivity contribution in [2.45, 2.75) is 0 Å². The zero-order chi connectivity index (χ0) is 28.1. The average Bonchev–Trinajstić information content (AvgIpc) is 3.60. The van der Waals surface area contributed by atoms with Crippen molar-refractivity contribution in [2.24, 2.45) is 0 Å². The third kappa shape index (κ3) is 3.03. The van der Waals surface area contributed by atoms with Gasteiger partial charge in [0.05, 0.1) is 27.8 Å². The molecule has 200 valence electrons. The lowest BCUT2D eigenvalue weighted by Crippen LogP contribution is -2.05. The molecule has 0 fully saturated rings. The van der Waals surface area contributed by atoms with Gasteiger partial charge in [0.2, 0.25) is 0 Å². The number of benzene rings is 7. The van der Waals surface area contributed by atoms with Crippen LogP contribution in [0.1, 0.15) is 0 Å². The normalized spacial score (nSPS) is 12.4. The van der Waals surface area contributed by atoms with Crippen molar-refractivity contribution in [3.8, 4) is 34.0 Å². The van der Waals surface area contributed by atoms with E-state index in [-0.39, 0.29) is 0 Å². The molecular formula is C40H24N2O. The third-order valence-electron chi connectivity index (χ3n) is 9.10. The number of para-hydroxylation sites is 4. The molecule has 0 atom stereocenters. The van der Waals surface area contributed by atoms with Crippen molar-refractivity contribution < 1.29 is 4.74 Å². The molecule has 0 amide bonds. The summed E-state index contributed by atoms with van der Waals surface area (Å²) in [7, 11) is 0. The molecule has 1 aliphatic rings. The van der Waals surface area contributed by atoms with Crippen molar-refractivity contribution in [2.75, 3.05) is 0 Å². The van der Waals surface area contributed by atoms with Gasteiger partial charge in [-0.15, -0.1) is 0 Å². The molecule has 7 aromatic carbocycles. The van der Waals surface area contributed by atoms with Crippen molar-refractivity contribution in [3.05, 3.63) is 146 Å². The second-order valence-corrected chi connectivity index (χ2v) is 11.3. The minimum atomic E-state index is 0.888. The van der Waals surface area contributed by atoms with E-state index >= 15 is 0 Å². The SMILES string of the molecule is c1cc(-c2ccc(-n3c4ccccc4c4ccc5ccccc5c43)cc2)c2c(c1)-n1c3ccccc3c3cccc(c31)O2. The van der Waals surface area contributed by atoms with Crippen LogP contribution in [0.5, 0.6) is 11.5 Å². The predicted molar refractivity (Wildman–Crippen MR) is 178 cm³/mol. The maximum atomic E-state index is 6.70. The van der Waals surface area contributed by atoms with Gasteiger partial charge in [-0.1, -0.05) is 109 Å². The van der Waals surface area contributed by atoms with Gasteiger partial charge in [-0.2, -0.15) is 0 Å². The Morgan fingerprint density at radius 3 is 1.88 bits per heavy atom. The first-order chi connectivity index (χ1) is 21.3. The summed E-state index contributed by atoms with van der Waals surface area (Å²) in [5, 5.41) is 7.50. The summed E-state index contributed by atoms with van der Waals surface area (Å²) < 4.78 is 11.5. The smallest absolute Gasteiger partial charge is 0.159 e. The Labute approximate surface area is 247 Å². The molecule has 10 rings (SSSR count). The van der Waals surface area contributed by atoms with Gasteiger partial charge in [-0.3, -0.25) is 0 Å². The molecule has 3 nitrogen and oxygen atoms in total. The van der Waals surface area contributed by atoms with Gasteiger partial charge in [0.15, 0.2) is 11.5 Å². The van der Waals surface area contributed by atoms with Gasteiger partial charge in [0, 0.05) is 38.2 Å². The highest BCUT2D eigenvalue weighted by molar-refractivity contribution is 6.18. The molecule has 0 saturated carbocycles. The van der Waals surface area contributed by atoms with Crippen LogP contribution in [0.25, 0.3) is 76.9 Å². The second-order valence-electron chi connectivity index (χ2n) is 11.3. The minimum Gasteiger partial charge on any atom is -0.452 e. The van der Waals surface area contributed by atoms with Crippen molar-refractivity contribution in [1.82, 2.24) is 9.13 Å². The Kier molecular flexibility index (Phi) is 4.45. The van der Waals surface area contributed by atoms with Crippen LogP contribution in [0.3, 0.4) is 0 Å². The fraction of sp³-hybridized carbons (Fsp3) is 0. The Morgan fingerprint density at radius 1 is 0.419 bits per heavy atom. The Bertz CT molecular complexity index is 2580. The topological polar surface area (TPSA) is 19.1 Å². The number of rotatable bonds is 2. The molecule has 0 saturated heterocycles. The van der Waals surface area contributed by atoms with Gasteiger partial charge in [-0.05, 0) is 47.3 Å². The van der Waals surface area contributed by atoms with Crippen LogP contribution >= 0.6 is 0 Å². The van der Waals surface area contributed by atoms with Crippen LogP contribution in [0.15, 0.2) is 146 Å². The van der Waals surface area contributed by atoms with Gasteiger partial charge < -0.3 is 13.9 Å². The molecule has 9 aromatic rings. The van der Waals surface area contributed by atoms with Gasteiger partial charge in [0.1, 0.15) is 0 Å². The number of nitrogens with zero attached hydrogens (tertiary/aromatic N) is 2. The fourth-order valence-corrected chi connectivity index (χ4v) is 7.25. The van der Waals surface area contributed by atoms with E-state index in [4.69, 9.17) is 4.74 Å². The lowest BCUT2D eigenvalue weighted by Gasteiger charge is -2.23. The number of hydrogen-bond acceptors (Lipinski definition) is 1. The van der Waals surface area contributed by atoms with E-state index in [0.29, 0.717) is 0 Å². The molecule has 1 aliphatic heterocycles. The monoisotopic (exact) mass is 548 g/mol. The molecule has 0 radical (unpaired) electrons. The first kappa shape index (κ1) is 22.8. The zero-order valence-corrected chi connectivity index (χ0v) is 23.2. The van der Waals surface area contributed by atoms with Crippen LogP contribution in [0.4, 0.5) is 0 Å². The summed E-state index contributed by atoms with van der Waals surface area (Å²) in [4.78, 5) is 0. The van der Waals surface area contributed by atoms with Crippen LogP contribution in [-0.2, 0) is 0 Å². The minimum absolute atomic E-state index is 0.888. The summed E-state index contributed by atoms with van der Waals surface area (Å²) in [6, 6.07) is 52.2. The predicted octanol–water partition coefficient (Wildman–Crippen LogP) is 10.8. The number of ether oxygens (including phenoxy) is 1. The summed E-state index contributed by atoms with van der Waals surface area (Å²) in [5.74, 6) is 1.78. The van der Waals surface area contributed by atoms with Gasteiger partial charge in [0.25, 0.3) is 0 Å². The Hall–Kier alpha value is -5.80. The summed E-state index contributed by atoms with van der Waals surface area (Å²) >= 11 is 0. The Balaban J connectivity index is 1.18. The van der Waals surface area contributed by atoms with E-state index < -0.39 is 0 Å². The van der Waals surface area contributed by atoms with Crippen LogP contribution in [0, 0.1) is 0 Å². The molecule has 43 heavy (non-hydrogen) atoms. The first-order valence-electron chi connectivity index (χ1n) is 14.7. The quantitative estimate of drug-likeness (QED) is 0.210. The van der Waals surface area contributed by atoms with Gasteiger partial charge >= 0.3 is 0 Å². The van der Waals surface area contributed by atoms with E-state index in [2.05, 4.69) is 155 Å². The second kappa shape index (κ2) is 8.37. The lowest BCUT2D eigenvalue weighted by atomic mass is 10.0. The highest BCUT2D eigenvalue weighted by atomic mass is 16.5. The highest BCUT2D eigenvalue weighted by Gasteiger charge is 2.25. The van der Waals surface area contributed by atoms with Crippen LogP contribution in [-0.4, -0.2) is 9.13 Å². The van der Waals surface area contributed by atoms with E-state index in [0.717, 1.165) is 39.5 Å². The van der Waals surface area contributed by atoms with E-state index in [1.54, 1.807) is 0 Å². The summed E-state index contributed by atoms with van der Waals surface area (Å²) in [5.41, 5.74) is 9.19. The maximum Gasteiger partial charge on any atom is 0.159 e. The van der Waals surface area contributed by atoms with Crippen molar-refractivity contribution >= 4 is 54.4 Å². The average molecular weight is 549 g/mol. The molecule has 0 bridgehead atoms. The van der Waals surface area contributed by atoms with E-state index in [1.807, 2.05) is 0 Å². The van der Waals surface area contributed by atoms with Crippen molar-refractivity contribution in [1.29, 1.82) is 0 Å². The molecule has 2 aromatic heterocycles. The molecule has 3 heteroatoms. The number of aromatic nitrogens is 2. The lowest BCUT2D eigenvalue weighted by molar-refractivity contribution is 0.478. The number of fused-ring (bicyclic) bond motifs is 10. The Morgan fingerprint density at radius 2 is 1.07 bits per heavy atom. The highest BCUT2D eigenvalue weighted by Crippen LogP contribution is 2.48. The van der Waals surface area contributed by atoms with E-state index in [1.165, 1.54) is 48.9 Å². The van der Waals surface area contributed by atoms with Crippen molar-refractivity contribution in [3.63, 3.8) is 0 Å². The largest absolute Gasteiger partial charge is 0.452 e. The molecule has 0 N–H and O–H groups in total. The summed E-state index contributed by atoms with van der Waals surface area (Å²) in [6.45, 7) is 0. The first-order valence-corrected chi connectivity index (χ1v) is 14.7. The molecule has 0 spiro atoms. The standard InChI is InChI=1S/C40H24N2O/c1-2-10-28-25(9-1)21-24-33-31-12-3-5-15-34(31)41(38(28)33)27-22-19-26(20-23-27)29-13-7-17-36-40(29)43-37-18-8-14-32-30-11-4-6-16-35(30)42(36)39(32)37/h1-24H. The zero-order valence-electron chi connectivity index (χ0n) is 23.2. The van der Waals surface area contributed by atoms with Crippen LogP contribution in [0.2, 0.25) is 0 Å². The third-order valence-corrected chi connectivity index (χ3v) is 9.10. The summed E-state index contributed by atoms with van der Waals surface area (Å²) in [6.07, 6.45) is 0.